The van der Waals surface area contributed by atoms with Gasteiger partial charge in [0.1, 0.15) is 11.5 Å². The SMILES string of the molecule is C=C(Nc1cc(C(C)(C)F)cc(C(C)(F)F)c1)Nc1cc(N(C)C)c2c(c1C)C(=C)C1=C(C)[C@]3(C)C(=C)C(C(=C)N)C(C)[C@@H](C(C)C)[C@]3(C)C[C@]1(C)C2. The van der Waals surface area contributed by atoms with Gasteiger partial charge in [-0.1, -0.05) is 79.0 Å². The van der Waals surface area contributed by atoms with E-state index in [4.69, 9.17) is 18.9 Å². The van der Waals surface area contributed by atoms with Crippen LogP contribution in [0.5, 0.6) is 0 Å². The van der Waals surface area contributed by atoms with E-state index in [0.717, 1.165) is 53.4 Å². The lowest BCUT2D eigenvalue weighted by Gasteiger charge is -2.68. The van der Waals surface area contributed by atoms with E-state index in [0.29, 0.717) is 35.0 Å². The number of hydrogen-bond donors (Lipinski definition) is 3. The van der Waals surface area contributed by atoms with E-state index in [1.165, 1.54) is 42.7 Å². The van der Waals surface area contributed by atoms with E-state index in [-0.39, 0.29) is 33.3 Å². The van der Waals surface area contributed by atoms with Gasteiger partial charge in [0.05, 0.1) is 0 Å². The van der Waals surface area contributed by atoms with E-state index < -0.39 is 11.6 Å². The molecule has 5 rings (SSSR count). The summed E-state index contributed by atoms with van der Waals surface area (Å²) in [6.07, 6.45) is 1.84. The van der Waals surface area contributed by atoms with Crippen LogP contribution in [0.1, 0.15) is 103 Å². The van der Waals surface area contributed by atoms with Crippen molar-refractivity contribution in [1.29, 1.82) is 0 Å². The fourth-order valence-corrected chi connectivity index (χ4v) is 11.4. The highest BCUT2D eigenvalue weighted by Crippen LogP contribution is 2.73. The van der Waals surface area contributed by atoms with Crippen LogP contribution in [-0.2, 0) is 18.0 Å². The number of halogens is 3. The number of nitrogens with one attached hydrogen (secondary N) is 2. The first-order valence-corrected chi connectivity index (χ1v) is 19.0. The van der Waals surface area contributed by atoms with Gasteiger partial charge in [-0.15, -0.1) is 0 Å². The number of alkyl halides is 3. The highest BCUT2D eigenvalue weighted by Gasteiger charge is 2.65. The largest absolute Gasteiger partial charge is 0.402 e. The van der Waals surface area contributed by atoms with Gasteiger partial charge in [0.25, 0.3) is 5.92 Å². The molecule has 0 amide bonds. The zero-order valence-electron chi connectivity index (χ0n) is 34.5. The summed E-state index contributed by atoms with van der Waals surface area (Å²) in [5, 5.41) is 6.57. The third-order valence-corrected chi connectivity index (χ3v) is 13.6. The van der Waals surface area contributed by atoms with Gasteiger partial charge in [-0.25, -0.2) is 13.2 Å². The Labute approximate surface area is 317 Å². The molecule has 7 heteroatoms. The first kappa shape index (κ1) is 40.3. The first-order chi connectivity index (χ1) is 24.1. The van der Waals surface area contributed by atoms with Crippen LogP contribution >= 0.6 is 0 Å². The quantitative estimate of drug-likeness (QED) is 0.225. The Morgan fingerprint density at radius 1 is 0.962 bits per heavy atom. The van der Waals surface area contributed by atoms with Crippen LogP contribution in [0, 0.1) is 46.8 Å². The molecule has 3 aliphatic rings. The molecule has 2 unspecified atom stereocenters. The molecular weight excluding hydrogens is 666 g/mol. The number of hydrogen-bond acceptors (Lipinski definition) is 4. The van der Waals surface area contributed by atoms with Gasteiger partial charge >= 0.3 is 0 Å². The maximum atomic E-state index is 15.0. The van der Waals surface area contributed by atoms with Gasteiger partial charge in [0, 0.05) is 60.7 Å². The van der Waals surface area contributed by atoms with Crippen molar-refractivity contribution in [3.63, 3.8) is 0 Å². The summed E-state index contributed by atoms with van der Waals surface area (Å²) in [6, 6.07) is 6.26. The standard InChI is InChI=1S/C46H63F3N4/c1-24(2)40-27(5)39(30(8)50)28(6)45(14)29(7)41-26(4)38-25(3)36(21-37(53(16)17)35(38)22-43(41,12)23-44(40,45)13)52-31(9)51-34-19-32(42(10,11)47)18-33(20-34)46(15,48)49/h18-21,24,27,39-40,51-52H,4,6,8-9,22-23,50H2,1-3,5,7,10-17H3/t27?,39?,40-,43+,44+,45+/m1/s1. The van der Waals surface area contributed by atoms with Crippen LogP contribution in [-0.4, -0.2) is 14.1 Å². The molecule has 0 radical (unpaired) electrons. The second-order valence-electron chi connectivity index (χ2n) is 18.3. The van der Waals surface area contributed by atoms with Crippen LogP contribution in [0.15, 0.2) is 78.8 Å². The summed E-state index contributed by atoms with van der Waals surface area (Å²) in [6.45, 7) is 40.5. The first-order valence-electron chi connectivity index (χ1n) is 19.0. The molecule has 288 valence electrons. The second kappa shape index (κ2) is 12.9. The average Bonchev–Trinajstić information content (AvgIpc) is 2.98. The number of nitrogens with zero attached hydrogens (tertiary/aromatic N) is 1. The number of benzene rings is 2. The third kappa shape index (κ3) is 6.24. The summed E-state index contributed by atoms with van der Waals surface area (Å²) in [5.74, 6) is -1.62. The summed E-state index contributed by atoms with van der Waals surface area (Å²) >= 11 is 0. The van der Waals surface area contributed by atoms with E-state index >= 15 is 4.39 Å². The van der Waals surface area contributed by atoms with Crippen molar-refractivity contribution in [2.45, 2.75) is 101 Å². The van der Waals surface area contributed by atoms with E-state index in [1.54, 1.807) is 6.07 Å². The predicted molar refractivity (Wildman–Crippen MR) is 220 cm³/mol. The van der Waals surface area contributed by atoms with Crippen molar-refractivity contribution in [2.75, 3.05) is 29.6 Å². The summed E-state index contributed by atoms with van der Waals surface area (Å²) in [7, 11) is 4.11. The number of anilines is 3. The number of fused-ring (bicyclic) bond motifs is 3. The Morgan fingerprint density at radius 2 is 1.55 bits per heavy atom. The third-order valence-electron chi connectivity index (χ3n) is 13.6. The number of allylic oxidation sites excluding steroid dienone is 4. The lowest BCUT2D eigenvalue weighted by Crippen LogP contribution is -2.61. The monoisotopic (exact) mass is 729 g/mol. The molecular formula is C46H63F3N4. The lowest BCUT2D eigenvalue weighted by atomic mass is 9.36. The molecule has 0 bridgehead atoms. The molecule has 1 fully saturated rings. The molecule has 0 aliphatic heterocycles. The van der Waals surface area contributed by atoms with Crippen LogP contribution in [0.25, 0.3) is 5.57 Å². The minimum Gasteiger partial charge on any atom is -0.402 e. The zero-order valence-corrected chi connectivity index (χ0v) is 34.5. The molecule has 53 heavy (non-hydrogen) atoms. The summed E-state index contributed by atoms with van der Waals surface area (Å²) in [4.78, 5) is 2.15. The lowest BCUT2D eigenvalue weighted by molar-refractivity contribution is -0.0829. The Balaban J connectivity index is 1.64. The van der Waals surface area contributed by atoms with Crippen LogP contribution in [0.4, 0.5) is 30.2 Å². The van der Waals surface area contributed by atoms with E-state index in [9.17, 15) is 8.78 Å². The van der Waals surface area contributed by atoms with Crippen molar-refractivity contribution in [3.05, 3.63) is 107 Å². The van der Waals surface area contributed by atoms with Gasteiger partial charge in [0.15, 0.2) is 0 Å². The van der Waals surface area contributed by atoms with Gasteiger partial charge in [-0.05, 0) is 127 Å². The molecule has 0 heterocycles. The van der Waals surface area contributed by atoms with Crippen molar-refractivity contribution in [3.8, 4) is 0 Å². The van der Waals surface area contributed by atoms with Crippen LogP contribution < -0.4 is 21.3 Å². The molecule has 4 N–H and O–H groups in total. The topological polar surface area (TPSA) is 53.3 Å². The van der Waals surface area contributed by atoms with E-state index in [2.05, 4.69) is 104 Å². The molecule has 3 aliphatic carbocycles. The van der Waals surface area contributed by atoms with Gasteiger partial charge < -0.3 is 21.3 Å². The Kier molecular flexibility index (Phi) is 9.79. The fraction of sp³-hybridized carbons (Fsp3) is 0.522. The minimum absolute atomic E-state index is 0.0113. The highest BCUT2D eigenvalue weighted by molar-refractivity contribution is 5.91. The van der Waals surface area contributed by atoms with Crippen LogP contribution in [0.2, 0.25) is 0 Å². The molecule has 1 saturated carbocycles. The highest BCUT2D eigenvalue weighted by atomic mass is 19.3. The zero-order chi connectivity index (χ0) is 40.1. The molecule has 0 saturated heterocycles. The van der Waals surface area contributed by atoms with Crippen molar-refractivity contribution < 1.29 is 13.2 Å². The molecule has 0 aromatic heterocycles. The maximum Gasteiger partial charge on any atom is 0.270 e. The molecule has 2 aromatic carbocycles. The number of rotatable bonds is 9. The smallest absolute Gasteiger partial charge is 0.270 e. The Bertz CT molecular complexity index is 1910. The van der Waals surface area contributed by atoms with Crippen molar-refractivity contribution >= 4 is 22.6 Å². The summed E-state index contributed by atoms with van der Waals surface area (Å²) in [5.41, 5.74) is 15.1. The van der Waals surface area contributed by atoms with Gasteiger partial charge in [-0.2, -0.15) is 0 Å². The Morgan fingerprint density at radius 3 is 2.06 bits per heavy atom. The van der Waals surface area contributed by atoms with Gasteiger partial charge in [-0.3, -0.25) is 0 Å². The average molecular weight is 729 g/mol. The Hall–Kier alpha value is -3.87. The molecule has 2 aromatic rings. The molecule has 0 spiro atoms. The van der Waals surface area contributed by atoms with Crippen molar-refractivity contribution in [2.24, 2.45) is 45.7 Å². The molecule has 4 nitrogen and oxygen atoms in total. The van der Waals surface area contributed by atoms with Crippen molar-refractivity contribution in [1.82, 2.24) is 0 Å². The van der Waals surface area contributed by atoms with Gasteiger partial charge in [0.2, 0.25) is 0 Å². The maximum absolute atomic E-state index is 15.0. The fourth-order valence-electron chi connectivity index (χ4n) is 11.4. The minimum atomic E-state index is -3.14. The predicted octanol–water partition coefficient (Wildman–Crippen LogP) is 12.2. The van der Waals surface area contributed by atoms with Crippen LogP contribution in [0.3, 0.4) is 0 Å². The number of nitrogens with two attached hydrogens (primary N) is 1. The second-order valence-corrected chi connectivity index (χ2v) is 18.3. The van der Waals surface area contributed by atoms with E-state index in [1.807, 2.05) is 0 Å². The normalized spacial score (nSPS) is 28.7. The summed E-state index contributed by atoms with van der Waals surface area (Å²) < 4.78 is 44.0. The molecule has 6 atom stereocenters.